The van der Waals surface area contributed by atoms with Gasteiger partial charge in [-0.05, 0) is 49.2 Å². The number of benzene rings is 2. The molecule has 1 unspecified atom stereocenters. The van der Waals surface area contributed by atoms with Gasteiger partial charge in [0.15, 0.2) is 0 Å². The second-order valence-corrected chi connectivity index (χ2v) is 7.31. The van der Waals surface area contributed by atoms with E-state index in [0.717, 1.165) is 12.1 Å². The molecule has 0 saturated heterocycles. The summed E-state index contributed by atoms with van der Waals surface area (Å²) in [5, 5.41) is 5.28. The van der Waals surface area contributed by atoms with Gasteiger partial charge in [0.05, 0.1) is 6.04 Å². The molecule has 0 saturated carbocycles. The molecule has 10 heteroatoms. The Bertz CT molecular complexity index is 873. The smallest absolute Gasteiger partial charge is 0.492 e. The summed E-state index contributed by atoms with van der Waals surface area (Å²) >= 11 is 0. The van der Waals surface area contributed by atoms with E-state index in [-0.39, 0.29) is 24.3 Å². The molecule has 0 aliphatic heterocycles. The molecule has 2 rings (SSSR count). The van der Waals surface area contributed by atoms with Crippen molar-refractivity contribution in [1.82, 2.24) is 10.6 Å². The highest BCUT2D eigenvalue weighted by molar-refractivity contribution is 5.95. The molecule has 0 bridgehead atoms. The van der Waals surface area contributed by atoms with Crippen LogP contribution in [0.5, 0.6) is 17.2 Å². The van der Waals surface area contributed by atoms with Gasteiger partial charge in [-0.25, -0.2) is 4.79 Å². The van der Waals surface area contributed by atoms with E-state index in [1.54, 1.807) is 37.3 Å². The van der Waals surface area contributed by atoms with Crippen molar-refractivity contribution in [3.8, 4) is 17.2 Å². The highest BCUT2D eigenvalue weighted by Crippen LogP contribution is 2.24. The van der Waals surface area contributed by atoms with E-state index in [1.165, 1.54) is 12.1 Å². The molecule has 7 nitrogen and oxygen atoms in total. The summed E-state index contributed by atoms with van der Waals surface area (Å²) in [6.07, 6.45) is -5.65. The molecule has 0 aromatic heterocycles. The molecule has 0 aliphatic rings. The van der Waals surface area contributed by atoms with Crippen LogP contribution in [0, 0.1) is 5.92 Å². The summed E-state index contributed by atoms with van der Waals surface area (Å²) in [6, 6.07) is 12.3. The number of para-hydroxylation sites is 1. The molecule has 2 atom stereocenters. The van der Waals surface area contributed by atoms with Crippen molar-refractivity contribution in [1.29, 1.82) is 0 Å². The van der Waals surface area contributed by atoms with E-state index in [4.69, 9.17) is 9.47 Å². The highest BCUT2D eigenvalue weighted by atomic mass is 19.4. The third-order valence-electron chi connectivity index (χ3n) is 4.15. The predicted molar refractivity (Wildman–Crippen MR) is 110 cm³/mol. The van der Waals surface area contributed by atoms with E-state index in [0.29, 0.717) is 11.5 Å². The van der Waals surface area contributed by atoms with Gasteiger partial charge in [-0.2, -0.15) is 0 Å². The first-order valence-electron chi connectivity index (χ1n) is 9.86. The van der Waals surface area contributed by atoms with E-state index in [2.05, 4.69) is 15.4 Å². The van der Waals surface area contributed by atoms with Crippen LogP contribution in [0.15, 0.2) is 54.6 Å². The summed E-state index contributed by atoms with van der Waals surface area (Å²) in [5.41, 5.74) is 0. The number of hydrogen-bond acceptors (Lipinski definition) is 6. The zero-order valence-electron chi connectivity index (χ0n) is 17.8. The third-order valence-corrected chi connectivity index (χ3v) is 4.15. The summed E-state index contributed by atoms with van der Waals surface area (Å²) in [6.45, 7) is 5.52. The number of rotatable bonds is 9. The topological polar surface area (TPSA) is 85.9 Å². The first-order valence-corrected chi connectivity index (χ1v) is 9.86. The highest BCUT2D eigenvalue weighted by Gasteiger charge is 2.31. The van der Waals surface area contributed by atoms with Crippen LogP contribution < -0.4 is 24.8 Å². The first kappa shape index (κ1) is 25.0. The second kappa shape index (κ2) is 11.4. The average molecular weight is 454 g/mol. The Labute approximate surface area is 183 Å². The largest absolute Gasteiger partial charge is 0.573 e. The van der Waals surface area contributed by atoms with Crippen molar-refractivity contribution < 1.29 is 37.0 Å². The Morgan fingerprint density at radius 3 is 2.06 bits per heavy atom. The molecule has 0 aliphatic carbocycles. The lowest BCUT2D eigenvalue weighted by atomic mass is 10.0. The lowest BCUT2D eigenvalue weighted by Crippen LogP contribution is -2.53. The van der Waals surface area contributed by atoms with Gasteiger partial charge in [0, 0.05) is 6.04 Å². The van der Waals surface area contributed by atoms with Crippen molar-refractivity contribution in [2.45, 2.75) is 39.2 Å². The number of carbonyl (C=O) groups excluding carboxylic acids is 2. The SMILES string of the molecule is CC(COc1ccc(OC(F)(F)F)cc1)N[C@H](C(=O)NC(=O)Oc1ccccc1)C(C)C. The van der Waals surface area contributed by atoms with Crippen molar-refractivity contribution in [2.24, 2.45) is 5.92 Å². The molecule has 2 amide bonds. The molecule has 2 N–H and O–H groups in total. The lowest BCUT2D eigenvalue weighted by molar-refractivity contribution is -0.274. The molecule has 2 aromatic carbocycles. The number of ether oxygens (including phenoxy) is 3. The molecular weight excluding hydrogens is 429 g/mol. The van der Waals surface area contributed by atoms with Gasteiger partial charge in [0.1, 0.15) is 23.9 Å². The number of imide groups is 1. The Balaban J connectivity index is 1.84. The van der Waals surface area contributed by atoms with Crippen LogP contribution in [0.25, 0.3) is 0 Å². The fourth-order valence-corrected chi connectivity index (χ4v) is 2.68. The van der Waals surface area contributed by atoms with Gasteiger partial charge >= 0.3 is 12.5 Å². The Hall–Kier alpha value is -3.27. The monoisotopic (exact) mass is 454 g/mol. The van der Waals surface area contributed by atoms with E-state index < -0.39 is 24.4 Å². The van der Waals surface area contributed by atoms with Crippen molar-refractivity contribution in [3.05, 3.63) is 54.6 Å². The van der Waals surface area contributed by atoms with Crippen LogP contribution in [-0.2, 0) is 4.79 Å². The zero-order valence-corrected chi connectivity index (χ0v) is 17.8. The maximum atomic E-state index is 12.5. The van der Waals surface area contributed by atoms with Gasteiger partial charge in [-0.3, -0.25) is 15.4 Å². The molecule has 0 spiro atoms. The molecule has 174 valence electrons. The maximum Gasteiger partial charge on any atom is 0.573 e. The molecule has 0 heterocycles. The van der Waals surface area contributed by atoms with Gasteiger partial charge in [-0.15, -0.1) is 13.2 Å². The van der Waals surface area contributed by atoms with Crippen molar-refractivity contribution >= 4 is 12.0 Å². The van der Waals surface area contributed by atoms with Crippen LogP contribution >= 0.6 is 0 Å². The minimum atomic E-state index is -4.76. The minimum Gasteiger partial charge on any atom is -0.492 e. The van der Waals surface area contributed by atoms with E-state index >= 15 is 0 Å². The lowest BCUT2D eigenvalue weighted by Gasteiger charge is -2.25. The van der Waals surface area contributed by atoms with Crippen LogP contribution in [0.4, 0.5) is 18.0 Å². The molecular formula is C22H25F3N2O5. The minimum absolute atomic E-state index is 0.129. The summed E-state index contributed by atoms with van der Waals surface area (Å²) in [5.74, 6) is -0.414. The Morgan fingerprint density at radius 2 is 1.50 bits per heavy atom. The van der Waals surface area contributed by atoms with Crippen LogP contribution in [0.3, 0.4) is 0 Å². The second-order valence-electron chi connectivity index (χ2n) is 7.31. The van der Waals surface area contributed by atoms with Crippen molar-refractivity contribution in [3.63, 3.8) is 0 Å². The summed E-state index contributed by atoms with van der Waals surface area (Å²) in [4.78, 5) is 24.5. The number of nitrogens with one attached hydrogen (secondary N) is 2. The van der Waals surface area contributed by atoms with Gasteiger partial charge < -0.3 is 14.2 Å². The molecule has 0 radical (unpaired) electrons. The van der Waals surface area contributed by atoms with Gasteiger partial charge in [0.2, 0.25) is 5.91 Å². The molecule has 2 aromatic rings. The number of amides is 2. The Morgan fingerprint density at radius 1 is 0.906 bits per heavy atom. The number of alkyl halides is 3. The van der Waals surface area contributed by atoms with Crippen LogP contribution in [0.2, 0.25) is 0 Å². The van der Waals surface area contributed by atoms with Crippen molar-refractivity contribution in [2.75, 3.05) is 6.61 Å². The molecule has 0 fully saturated rings. The summed E-state index contributed by atoms with van der Waals surface area (Å²) in [7, 11) is 0. The normalized spacial score (nSPS) is 13.2. The van der Waals surface area contributed by atoms with Crippen LogP contribution in [0.1, 0.15) is 20.8 Å². The number of hydrogen-bond donors (Lipinski definition) is 2. The fourth-order valence-electron chi connectivity index (χ4n) is 2.68. The average Bonchev–Trinajstić information content (AvgIpc) is 2.70. The predicted octanol–water partition coefficient (Wildman–Crippen LogP) is 4.28. The van der Waals surface area contributed by atoms with Crippen LogP contribution in [-0.4, -0.2) is 37.1 Å². The number of halogens is 3. The van der Waals surface area contributed by atoms with Gasteiger partial charge in [-0.1, -0.05) is 32.0 Å². The summed E-state index contributed by atoms with van der Waals surface area (Å²) < 4.78 is 51.1. The van der Waals surface area contributed by atoms with E-state index in [9.17, 15) is 22.8 Å². The van der Waals surface area contributed by atoms with Gasteiger partial charge in [0.25, 0.3) is 0 Å². The maximum absolute atomic E-state index is 12.5. The van der Waals surface area contributed by atoms with E-state index in [1.807, 2.05) is 13.8 Å². The first-order chi connectivity index (χ1) is 15.0. The fraction of sp³-hybridized carbons (Fsp3) is 0.364. The standard InChI is InChI=1S/C22H25F3N2O5/c1-14(2)19(20(28)27-21(29)31-17-7-5-4-6-8-17)26-15(3)13-30-16-9-11-18(12-10-16)32-22(23,24)25/h4-12,14-15,19,26H,13H2,1-3H3,(H,27,28,29)/t15?,19-/m0/s1. The zero-order chi connectivity index (χ0) is 23.7. The third kappa shape index (κ3) is 8.84. The quantitative estimate of drug-likeness (QED) is 0.588. The Kier molecular flexibility index (Phi) is 8.89. The number of carbonyl (C=O) groups is 2. The molecule has 32 heavy (non-hydrogen) atoms.